The number of unbranched alkanes of at least 4 members (excludes halogenated alkanes) is 2. The maximum Gasteiger partial charge on any atom is 0.251 e. The maximum atomic E-state index is 12.5. The van der Waals surface area contributed by atoms with Crippen LogP contribution in [0.1, 0.15) is 53.9 Å². The van der Waals surface area contributed by atoms with Crippen LogP contribution in [-0.4, -0.2) is 34.5 Å². The Bertz CT molecular complexity index is 1110. The van der Waals surface area contributed by atoms with Crippen LogP contribution in [-0.2, 0) is 4.79 Å². The molecule has 1 fully saturated rings. The molecule has 4 rings (SSSR count). The lowest BCUT2D eigenvalue weighted by Gasteiger charge is -2.09. The van der Waals surface area contributed by atoms with E-state index in [4.69, 9.17) is 5.73 Å². The van der Waals surface area contributed by atoms with E-state index in [-0.39, 0.29) is 23.6 Å². The molecular weight excluding hydrogens is 404 g/mol. The molecule has 7 heteroatoms. The van der Waals surface area contributed by atoms with Gasteiger partial charge >= 0.3 is 0 Å². The smallest absolute Gasteiger partial charge is 0.251 e. The van der Waals surface area contributed by atoms with Crippen LogP contribution in [0.15, 0.2) is 54.7 Å². The summed E-state index contributed by atoms with van der Waals surface area (Å²) in [7, 11) is 0. The Hall–Kier alpha value is -3.45. The van der Waals surface area contributed by atoms with Crippen LogP contribution in [0.25, 0.3) is 10.9 Å². The molecule has 1 saturated carbocycles. The van der Waals surface area contributed by atoms with Gasteiger partial charge in [-0.2, -0.15) is 0 Å². The van der Waals surface area contributed by atoms with Gasteiger partial charge in [-0.1, -0.05) is 24.6 Å². The first kappa shape index (κ1) is 21.8. The van der Waals surface area contributed by atoms with Crippen molar-refractivity contribution in [2.45, 2.75) is 44.1 Å². The van der Waals surface area contributed by atoms with Crippen molar-refractivity contribution in [3.05, 3.63) is 65.9 Å². The lowest BCUT2D eigenvalue weighted by molar-refractivity contribution is -0.116. The molecule has 3 aromatic rings. The minimum Gasteiger partial charge on any atom is -0.506 e. The third-order valence-corrected chi connectivity index (χ3v) is 5.82. The fraction of sp³-hybridized carbons (Fsp3) is 0.320. The highest BCUT2D eigenvalue weighted by atomic mass is 16.3. The van der Waals surface area contributed by atoms with Crippen LogP contribution >= 0.6 is 0 Å². The van der Waals surface area contributed by atoms with E-state index in [0.29, 0.717) is 35.3 Å². The SMILES string of the molecule is NC1CC1c1ccc(NC(=O)CCCCCNC(=O)c2ccc(O)c3ncccc23)cc1. The zero-order chi connectivity index (χ0) is 22.5. The number of hydrogen-bond acceptors (Lipinski definition) is 5. The van der Waals surface area contributed by atoms with Crippen LogP contribution in [0.5, 0.6) is 5.75 Å². The standard InChI is InChI=1S/C25H28N4O3/c26-21-15-20(21)16-7-9-17(10-8-16)29-23(31)6-2-1-3-13-28-25(32)19-11-12-22(30)24-18(19)5-4-14-27-24/h4-5,7-12,14,20-21,30H,1-3,6,13,15,26H2,(H,28,32)(H,29,31). The van der Waals surface area contributed by atoms with Crippen molar-refractivity contribution in [3.63, 3.8) is 0 Å². The predicted molar refractivity (Wildman–Crippen MR) is 125 cm³/mol. The van der Waals surface area contributed by atoms with Crippen molar-refractivity contribution in [3.8, 4) is 5.75 Å². The lowest BCUT2D eigenvalue weighted by atomic mass is 10.1. The molecule has 0 aliphatic heterocycles. The normalized spacial score (nSPS) is 17.2. The molecular formula is C25H28N4O3. The summed E-state index contributed by atoms with van der Waals surface area (Å²) in [5.41, 5.74) is 8.81. The van der Waals surface area contributed by atoms with Crippen molar-refractivity contribution < 1.29 is 14.7 Å². The minimum atomic E-state index is -0.198. The summed E-state index contributed by atoms with van der Waals surface area (Å²) in [5.74, 6) is 0.312. The molecule has 0 bridgehead atoms. The van der Waals surface area contributed by atoms with E-state index in [9.17, 15) is 14.7 Å². The summed E-state index contributed by atoms with van der Waals surface area (Å²) >= 11 is 0. The van der Waals surface area contributed by atoms with E-state index in [1.54, 1.807) is 24.4 Å². The lowest BCUT2D eigenvalue weighted by Crippen LogP contribution is -2.24. The number of carbonyl (C=O) groups excluding carboxylic acids is 2. The number of carbonyl (C=O) groups is 2. The van der Waals surface area contributed by atoms with Gasteiger partial charge in [-0.05, 0) is 55.2 Å². The highest BCUT2D eigenvalue weighted by Gasteiger charge is 2.34. The average Bonchev–Trinajstić information content (AvgIpc) is 3.53. The number of hydrogen-bond donors (Lipinski definition) is 4. The van der Waals surface area contributed by atoms with Gasteiger partial charge in [-0.15, -0.1) is 0 Å². The van der Waals surface area contributed by atoms with Gasteiger partial charge in [0.05, 0.1) is 0 Å². The van der Waals surface area contributed by atoms with Crippen LogP contribution in [0.4, 0.5) is 5.69 Å². The molecule has 2 unspecified atom stereocenters. The van der Waals surface area contributed by atoms with Gasteiger partial charge < -0.3 is 21.5 Å². The average molecular weight is 433 g/mol. The summed E-state index contributed by atoms with van der Waals surface area (Å²) in [6, 6.07) is 14.8. The molecule has 0 radical (unpaired) electrons. The van der Waals surface area contributed by atoms with Gasteiger partial charge in [-0.25, -0.2) is 0 Å². The molecule has 0 spiro atoms. The summed E-state index contributed by atoms with van der Waals surface area (Å²) in [4.78, 5) is 28.8. The Balaban J connectivity index is 1.15. The molecule has 1 aliphatic rings. The Labute approximate surface area is 187 Å². The van der Waals surface area contributed by atoms with Crippen molar-refractivity contribution in [2.24, 2.45) is 5.73 Å². The van der Waals surface area contributed by atoms with Gasteiger partial charge in [-0.3, -0.25) is 14.6 Å². The summed E-state index contributed by atoms with van der Waals surface area (Å²) in [6.45, 7) is 0.522. The Morgan fingerprint density at radius 1 is 1.06 bits per heavy atom. The fourth-order valence-electron chi connectivity index (χ4n) is 3.88. The molecule has 7 nitrogen and oxygen atoms in total. The second-order valence-electron chi connectivity index (χ2n) is 8.27. The number of amides is 2. The third kappa shape index (κ3) is 5.23. The second-order valence-corrected chi connectivity index (χ2v) is 8.27. The van der Waals surface area contributed by atoms with E-state index < -0.39 is 0 Å². The summed E-state index contributed by atoms with van der Waals surface area (Å²) in [5, 5.41) is 16.4. The van der Waals surface area contributed by atoms with Crippen LogP contribution in [0.2, 0.25) is 0 Å². The first-order chi connectivity index (χ1) is 15.5. The van der Waals surface area contributed by atoms with E-state index in [1.807, 2.05) is 24.3 Å². The van der Waals surface area contributed by atoms with Gasteiger partial charge in [0.2, 0.25) is 5.91 Å². The number of phenols is 1. The number of nitrogens with zero attached hydrogens (tertiary/aromatic N) is 1. The Kier molecular flexibility index (Phi) is 6.66. The molecule has 2 aromatic carbocycles. The molecule has 166 valence electrons. The van der Waals surface area contributed by atoms with Crippen molar-refractivity contribution in [1.29, 1.82) is 0 Å². The minimum absolute atomic E-state index is 0.00651. The molecule has 32 heavy (non-hydrogen) atoms. The monoisotopic (exact) mass is 432 g/mol. The number of anilines is 1. The quantitative estimate of drug-likeness (QED) is 0.385. The van der Waals surface area contributed by atoms with E-state index in [0.717, 1.165) is 31.4 Å². The largest absolute Gasteiger partial charge is 0.506 e. The molecule has 0 saturated heterocycles. The fourth-order valence-corrected chi connectivity index (χ4v) is 3.88. The Morgan fingerprint density at radius 2 is 1.84 bits per heavy atom. The number of phenolic OH excluding ortho intramolecular Hbond substituents is 1. The van der Waals surface area contributed by atoms with E-state index in [2.05, 4.69) is 15.6 Å². The number of aromatic hydroxyl groups is 1. The van der Waals surface area contributed by atoms with Crippen LogP contribution in [0, 0.1) is 0 Å². The zero-order valence-corrected chi connectivity index (χ0v) is 17.9. The Morgan fingerprint density at radius 3 is 2.59 bits per heavy atom. The van der Waals surface area contributed by atoms with Crippen molar-refractivity contribution in [2.75, 3.05) is 11.9 Å². The van der Waals surface area contributed by atoms with Crippen molar-refractivity contribution >= 4 is 28.4 Å². The number of nitrogens with one attached hydrogen (secondary N) is 2. The molecule has 2 atom stereocenters. The highest BCUT2D eigenvalue weighted by molar-refractivity contribution is 6.07. The summed E-state index contributed by atoms with van der Waals surface area (Å²) < 4.78 is 0. The number of pyridine rings is 1. The summed E-state index contributed by atoms with van der Waals surface area (Å²) in [6.07, 6.45) is 5.43. The van der Waals surface area contributed by atoms with E-state index in [1.165, 1.54) is 11.6 Å². The number of aromatic nitrogens is 1. The van der Waals surface area contributed by atoms with Gasteiger partial charge in [0.15, 0.2) is 0 Å². The molecule has 1 aromatic heterocycles. The topological polar surface area (TPSA) is 117 Å². The number of benzene rings is 2. The predicted octanol–water partition coefficient (Wildman–Crippen LogP) is 3.68. The van der Waals surface area contributed by atoms with Crippen LogP contribution in [0.3, 0.4) is 0 Å². The maximum absolute atomic E-state index is 12.5. The first-order valence-corrected chi connectivity index (χ1v) is 11.0. The second kappa shape index (κ2) is 9.78. The van der Waals surface area contributed by atoms with Crippen LogP contribution < -0.4 is 16.4 Å². The number of rotatable bonds is 9. The third-order valence-electron chi connectivity index (χ3n) is 5.82. The molecule has 1 aliphatic carbocycles. The highest BCUT2D eigenvalue weighted by Crippen LogP contribution is 2.39. The van der Waals surface area contributed by atoms with Gasteiger partial charge in [0.25, 0.3) is 5.91 Å². The molecule has 2 amide bonds. The number of fused-ring (bicyclic) bond motifs is 1. The van der Waals surface area contributed by atoms with Crippen molar-refractivity contribution in [1.82, 2.24) is 10.3 Å². The number of nitrogens with two attached hydrogens (primary N) is 1. The van der Waals surface area contributed by atoms with Gasteiger partial charge in [0, 0.05) is 47.8 Å². The van der Waals surface area contributed by atoms with E-state index >= 15 is 0 Å². The van der Waals surface area contributed by atoms with Gasteiger partial charge in [0.1, 0.15) is 11.3 Å². The zero-order valence-electron chi connectivity index (χ0n) is 17.9. The molecule has 1 heterocycles. The first-order valence-electron chi connectivity index (χ1n) is 11.0. The molecule has 5 N–H and O–H groups in total.